The molecule has 0 bridgehead atoms. The van der Waals surface area contributed by atoms with Crippen LogP contribution in [0, 0.1) is 0 Å². The molecule has 4 rings (SSSR count). The number of para-hydroxylation sites is 1. The molecule has 0 saturated carbocycles. The summed E-state index contributed by atoms with van der Waals surface area (Å²) in [5.41, 5.74) is 9.44. The van der Waals surface area contributed by atoms with Crippen molar-refractivity contribution in [3.63, 3.8) is 0 Å². The first-order valence-electron chi connectivity index (χ1n) is 7.08. The topological polar surface area (TPSA) is 53.1 Å². The van der Waals surface area contributed by atoms with Crippen molar-refractivity contribution in [3.8, 4) is 17.2 Å². The molecule has 2 aromatic carbocycles. The summed E-state index contributed by atoms with van der Waals surface area (Å²) in [4.78, 5) is 0. The van der Waals surface area contributed by atoms with Gasteiger partial charge < -0.3 is 10.5 Å². The van der Waals surface area contributed by atoms with E-state index in [9.17, 15) is 0 Å². The van der Waals surface area contributed by atoms with Gasteiger partial charge in [0, 0.05) is 17.1 Å². The van der Waals surface area contributed by atoms with Crippen molar-refractivity contribution < 1.29 is 4.74 Å². The Morgan fingerprint density at radius 2 is 1.68 bits per heavy atom. The second-order valence-corrected chi connectivity index (χ2v) is 6.11. The van der Waals surface area contributed by atoms with E-state index < -0.39 is 0 Å². The molecule has 5 heteroatoms. The number of nitrogens with zero attached hydrogens (tertiary/aromatic N) is 2. The fourth-order valence-electron chi connectivity index (χ4n) is 2.51. The summed E-state index contributed by atoms with van der Waals surface area (Å²) in [7, 11) is 0. The number of ether oxygens (including phenoxy) is 1. The third kappa shape index (κ3) is 2.33. The molecule has 1 aromatic heterocycles. The van der Waals surface area contributed by atoms with Gasteiger partial charge in [-0.15, -0.1) is 0 Å². The van der Waals surface area contributed by atoms with Crippen LogP contribution in [0.4, 0.5) is 5.82 Å². The Hall–Kier alpha value is -2.40. The number of nitrogens with two attached hydrogens (primary N) is 1. The number of anilines is 1. The Morgan fingerprint density at radius 1 is 0.955 bits per heavy atom. The highest BCUT2D eigenvalue weighted by Crippen LogP contribution is 2.34. The molecule has 0 saturated heterocycles. The lowest BCUT2D eigenvalue weighted by molar-refractivity contribution is 0.482. The Labute approximate surface area is 132 Å². The zero-order valence-corrected chi connectivity index (χ0v) is 12.7. The van der Waals surface area contributed by atoms with Crippen LogP contribution in [0.3, 0.4) is 0 Å². The van der Waals surface area contributed by atoms with Crippen LogP contribution in [-0.4, -0.2) is 9.78 Å². The van der Waals surface area contributed by atoms with E-state index in [2.05, 4.69) is 5.10 Å². The molecule has 0 atom stereocenters. The van der Waals surface area contributed by atoms with Crippen LogP contribution in [0.2, 0.25) is 0 Å². The van der Waals surface area contributed by atoms with Crippen molar-refractivity contribution in [2.75, 3.05) is 5.73 Å². The maximum atomic E-state index is 6.20. The number of aromatic nitrogens is 2. The highest BCUT2D eigenvalue weighted by molar-refractivity contribution is 7.98. The van der Waals surface area contributed by atoms with Gasteiger partial charge in [-0.05, 0) is 36.4 Å². The van der Waals surface area contributed by atoms with E-state index in [0.29, 0.717) is 0 Å². The van der Waals surface area contributed by atoms with Crippen molar-refractivity contribution in [2.24, 2.45) is 0 Å². The van der Waals surface area contributed by atoms with Gasteiger partial charge in [0.15, 0.2) is 0 Å². The molecule has 0 unspecified atom stereocenters. The largest absolute Gasteiger partial charge is 0.457 e. The van der Waals surface area contributed by atoms with E-state index in [0.717, 1.165) is 40.2 Å². The lowest BCUT2D eigenvalue weighted by Crippen LogP contribution is -2.03. The maximum absolute atomic E-state index is 6.20. The number of hydrogen-bond donors (Lipinski definition) is 1. The highest BCUT2D eigenvalue weighted by atomic mass is 32.2. The molecule has 1 aliphatic heterocycles. The summed E-state index contributed by atoms with van der Waals surface area (Å²) in [6.45, 7) is 0. The van der Waals surface area contributed by atoms with Crippen molar-refractivity contribution in [3.05, 3.63) is 65.9 Å². The van der Waals surface area contributed by atoms with Gasteiger partial charge in [0.1, 0.15) is 17.3 Å². The fourth-order valence-corrected chi connectivity index (χ4v) is 3.56. The van der Waals surface area contributed by atoms with Crippen molar-refractivity contribution in [2.45, 2.75) is 11.5 Å². The van der Waals surface area contributed by atoms with Gasteiger partial charge in [-0.2, -0.15) is 16.9 Å². The third-order valence-corrected chi connectivity index (χ3v) is 4.62. The second kappa shape index (κ2) is 5.42. The number of thioether (sulfide) groups is 1. The van der Waals surface area contributed by atoms with Crippen LogP contribution in [0.25, 0.3) is 5.69 Å². The number of nitrogen functional groups attached to an aromatic ring is 1. The SMILES string of the molecule is Nc1c2c(nn1-c1ccc(Oc3ccccc3)cc1)CSC2. The minimum atomic E-state index is 0.747. The molecule has 0 amide bonds. The van der Waals surface area contributed by atoms with E-state index in [-0.39, 0.29) is 0 Å². The average molecular weight is 309 g/mol. The molecule has 2 N–H and O–H groups in total. The Kier molecular flexibility index (Phi) is 3.27. The minimum absolute atomic E-state index is 0.747. The second-order valence-electron chi connectivity index (χ2n) is 5.12. The number of rotatable bonds is 3. The Balaban J connectivity index is 1.60. The fraction of sp³-hybridized carbons (Fsp3) is 0.118. The molecule has 22 heavy (non-hydrogen) atoms. The van der Waals surface area contributed by atoms with Gasteiger partial charge >= 0.3 is 0 Å². The van der Waals surface area contributed by atoms with Crippen LogP contribution in [-0.2, 0) is 11.5 Å². The Morgan fingerprint density at radius 3 is 2.41 bits per heavy atom. The molecule has 0 aliphatic carbocycles. The maximum Gasteiger partial charge on any atom is 0.131 e. The predicted molar refractivity (Wildman–Crippen MR) is 89.5 cm³/mol. The molecule has 0 spiro atoms. The minimum Gasteiger partial charge on any atom is -0.457 e. The molecule has 2 heterocycles. The lowest BCUT2D eigenvalue weighted by atomic mass is 10.2. The number of benzene rings is 2. The van der Waals surface area contributed by atoms with Crippen LogP contribution < -0.4 is 10.5 Å². The first-order chi connectivity index (χ1) is 10.8. The monoisotopic (exact) mass is 309 g/mol. The van der Waals surface area contributed by atoms with Gasteiger partial charge in [-0.1, -0.05) is 18.2 Å². The van der Waals surface area contributed by atoms with E-state index in [1.54, 1.807) is 0 Å². The summed E-state index contributed by atoms with van der Waals surface area (Å²) < 4.78 is 7.61. The van der Waals surface area contributed by atoms with E-state index >= 15 is 0 Å². The first-order valence-corrected chi connectivity index (χ1v) is 8.24. The summed E-state index contributed by atoms with van der Waals surface area (Å²) >= 11 is 1.86. The lowest BCUT2D eigenvalue weighted by Gasteiger charge is -2.08. The molecule has 1 aliphatic rings. The van der Waals surface area contributed by atoms with Gasteiger partial charge in [0.2, 0.25) is 0 Å². The van der Waals surface area contributed by atoms with E-state index in [1.807, 2.05) is 71.0 Å². The summed E-state index contributed by atoms with van der Waals surface area (Å²) in [5.74, 6) is 4.27. The molecule has 110 valence electrons. The van der Waals surface area contributed by atoms with Crippen LogP contribution in [0.5, 0.6) is 11.5 Å². The standard InChI is InChI=1S/C17H15N3OS/c18-17-15-10-22-11-16(15)19-20(17)12-6-8-14(9-7-12)21-13-4-2-1-3-5-13/h1-9H,10-11,18H2. The third-order valence-electron chi connectivity index (χ3n) is 3.65. The molecular weight excluding hydrogens is 294 g/mol. The normalized spacial score (nSPS) is 13.1. The van der Waals surface area contributed by atoms with Gasteiger partial charge in [-0.25, -0.2) is 4.68 Å². The zero-order valence-electron chi connectivity index (χ0n) is 11.9. The van der Waals surface area contributed by atoms with Gasteiger partial charge in [-0.3, -0.25) is 0 Å². The van der Waals surface area contributed by atoms with Crippen LogP contribution in [0.1, 0.15) is 11.3 Å². The van der Waals surface area contributed by atoms with Crippen molar-refractivity contribution in [1.29, 1.82) is 0 Å². The zero-order chi connectivity index (χ0) is 14.9. The van der Waals surface area contributed by atoms with Gasteiger partial charge in [0.25, 0.3) is 0 Å². The smallest absolute Gasteiger partial charge is 0.131 e. The number of fused-ring (bicyclic) bond motifs is 1. The van der Waals surface area contributed by atoms with Crippen molar-refractivity contribution >= 4 is 17.6 Å². The molecule has 3 aromatic rings. The summed E-state index contributed by atoms with van der Waals surface area (Å²) in [6, 6.07) is 17.6. The molecule has 0 fully saturated rings. The quantitative estimate of drug-likeness (QED) is 0.794. The van der Waals surface area contributed by atoms with Crippen LogP contribution >= 0.6 is 11.8 Å². The summed E-state index contributed by atoms with van der Waals surface area (Å²) in [6.07, 6.45) is 0. The summed E-state index contributed by atoms with van der Waals surface area (Å²) in [5, 5.41) is 4.60. The predicted octanol–water partition coefficient (Wildman–Crippen LogP) is 3.99. The van der Waals surface area contributed by atoms with Crippen molar-refractivity contribution in [1.82, 2.24) is 9.78 Å². The highest BCUT2D eigenvalue weighted by Gasteiger charge is 2.21. The first kappa shape index (κ1) is 13.3. The van der Waals surface area contributed by atoms with Gasteiger partial charge in [0.05, 0.1) is 11.4 Å². The Bertz CT molecular complexity index is 797. The van der Waals surface area contributed by atoms with E-state index in [1.165, 1.54) is 5.56 Å². The molecular formula is C17H15N3OS. The number of hydrogen-bond acceptors (Lipinski definition) is 4. The molecule has 0 radical (unpaired) electrons. The van der Waals surface area contributed by atoms with E-state index in [4.69, 9.17) is 10.5 Å². The molecule has 4 nitrogen and oxygen atoms in total. The van der Waals surface area contributed by atoms with Crippen LogP contribution in [0.15, 0.2) is 54.6 Å². The average Bonchev–Trinajstić information content (AvgIpc) is 3.13.